The molecule has 2 heterocycles. The molecule has 10 rings (SSSR count). The first-order valence-electron chi connectivity index (χ1n) is 20.3. The van der Waals surface area contributed by atoms with Gasteiger partial charge in [0, 0.05) is 27.5 Å². The van der Waals surface area contributed by atoms with Gasteiger partial charge in [-0.05, 0) is 80.5 Å². The second kappa shape index (κ2) is 12.9. The summed E-state index contributed by atoms with van der Waals surface area (Å²) in [6.45, 7) is 0. The van der Waals surface area contributed by atoms with Crippen LogP contribution in [-0.4, -0.2) is 15.0 Å². The van der Waals surface area contributed by atoms with E-state index in [0.29, 0.717) is 28.3 Å². The lowest BCUT2D eigenvalue weighted by molar-refractivity contribution is 0.669. The summed E-state index contributed by atoms with van der Waals surface area (Å²) >= 11 is 0. The van der Waals surface area contributed by atoms with Gasteiger partial charge < -0.3 is 4.42 Å². The fourth-order valence-corrected chi connectivity index (χ4v) is 6.74. The minimum Gasteiger partial charge on any atom is -0.456 e. The lowest BCUT2D eigenvalue weighted by atomic mass is 9.92. The van der Waals surface area contributed by atoms with Crippen molar-refractivity contribution in [3.05, 3.63) is 188 Å². The molecule has 0 radical (unpaired) electrons. The van der Waals surface area contributed by atoms with Gasteiger partial charge in [-0.15, -0.1) is 0 Å². The number of hydrogen-bond donors (Lipinski definition) is 0. The first-order valence-corrected chi connectivity index (χ1v) is 17.3. The van der Waals surface area contributed by atoms with Crippen molar-refractivity contribution < 1.29 is 12.6 Å². The van der Waals surface area contributed by atoms with Crippen LogP contribution >= 0.6 is 0 Å². The summed E-state index contributed by atoms with van der Waals surface area (Å²) < 4.78 is 61.4. The van der Waals surface area contributed by atoms with Gasteiger partial charge in [0.2, 0.25) is 0 Å². The molecule has 8 aromatic carbocycles. The van der Waals surface area contributed by atoms with E-state index in [0.717, 1.165) is 33.0 Å². The highest BCUT2D eigenvalue weighted by atomic mass is 16.3. The summed E-state index contributed by atoms with van der Waals surface area (Å²) in [6, 6.07) is 47.5. The maximum atomic E-state index is 9.52. The zero-order valence-electron chi connectivity index (χ0n) is 34.2. The third-order valence-corrected chi connectivity index (χ3v) is 9.39. The van der Waals surface area contributed by atoms with E-state index in [1.165, 1.54) is 0 Å². The third kappa shape index (κ3) is 5.73. The lowest BCUT2D eigenvalue weighted by Gasteiger charge is -2.14. The number of hydrogen-bond acceptors (Lipinski definition) is 4. The molecule has 0 N–H and O–H groups in total. The Kier molecular flexibility index (Phi) is 6.04. The van der Waals surface area contributed by atoms with Crippen molar-refractivity contribution in [2.45, 2.75) is 0 Å². The summed E-state index contributed by atoms with van der Waals surface area (Å²) in [6.07, 6.45) is 0. The topological polar surface area (TPSA) is 51.8 Å². The van der Waals surface area contributed by atoms with Crippen molar-refractivity contribution in [3.63, 3.8) is 0 Å². The molecule has 0 aliphatic rings. The fourth-order valence-electron chi connectivity index (χ4n) is 6.74. The van der Waals surface area contributed by atoms with Gasteiger partial charge in [-0.3, -0.25) is 0 Å². The standard InChI is InChI=1S/C49H31N3O/c1-4-12-32(13-5-1)37-24-27-45-44(29-37)42-26-23-40(31-46(42)53-45)49-51-47(38-21-20-33-14-10-11-19-36(33)28-38)50-48(52-49)39-22-25-41(34-15-6-2-7-16-34)43(30-39)35-17-8-3-9-18-35/h1-31H/i23D,24D,26D,27D,29D,31D. The Morgan fingerprint density at radius 1 is 0.358 bits per heavy atom. The van der Waals surface area contributed by atoms with Crippen molar-refractivity contribution in [1.29, 1.82) is 0 Å². The van der Waals surface area contributed by atoms with E-state index in [-0.39, 0.29) is 75.1 Å². The van der Waals surface area contributed by atoms with Crippen molar-refractivity contribution in [3.8, 4) is 67.5 Å². The smallest absolute Gasteiger partial charge is 0.164 e. The summed E-state index contributed by atoms with van der Waals surface area (Å²) in [5.74, 6) is 0.617. The van der Waals surface area contributed by atoms with E-state index >= 15 is 0 Å². The van der Waals surface area contributed by atoms with Crippen LogP contribution in [0, 0.1) is 0 Å². The number of aromatic nitrogens is 3. The quantitative estimate of drug-likeness (QED) is 0.175. The molecule has 0 atom stereocenters. The van der Waals surface area contributed by atoms with Gasteiger partial charge in [0.1, 0.15) is 11.2 Å². The Bertz CT molecular complexity index is 3280. The second-order valence-electron chi connectivity index (χ2n) is 12.7. The molecular formula is C49H31N3O. The van der Waals surface area contributed by atoms with E-state index in [4.69, 9.17) is 22.1 Å². The largest absolute Gasteiger partial charge is 0.456 e. The first kappa shape index (κ1) is 24.9. The number of furan rings is 1. The van der Waals surface area contributed by atoms with E-state index in [2.05, 4.69) is 24.3 Å². The Hall–Kier alpha value is -7.17. The Labute approximate surface area is 315 Å². The van der Waals surface area contributed by atoms with Crippen LogP contribution in [0.4, 0.5) is 0 Å². The van der Waals surface area contributed by atoms with Crippen molar-refractivity contribution in [2.75, 3.05) is 0 Å². The van der Waals surface area contributed by atoms with Crippen LogP contribution < -0.4 is 0 Å². The molecule has 0 saturated heterocycles. The molecule has 2 aromatic heterocycles. The average Bonchev–Trinajstić information content (AvgIpc) is 3.70. The molecule has 0 fully saturated rings. The van der Waals surface area contributed by atoms with Crippen LogP contribution in [-0.2, 0) is 0 Å². The highest BCUT2D eigenvalue weighted by Gasteiger charge is 2.17. The van der Waals surface area contributed by atoms with Crippen LogP contribution in [0.15, 0.2) is 192 Å². The van der Waals surface area contributed by atoms with Gasteiger partial charge in [0.25, 0.3) is 0 Å². The van der Waals surface area contributed by atoms with Crippen molar-refractivity contribution in [2.24, 2.45) is 0 Å². The van der Waals surface area contributed by atoms with Gasteiger partial charge in [-0.1, -0.05) is 152 Å². The highest BCUT2D eigenvalue weighted by molar-refractivity contribution is 6.07. The number of benzene rings is 8. The predicted molar refractivity (Wildman–Crippen MR) is 217 cm³/mol. The number of rotatable bonds is 6. The first-order chi connectivity index (χ1) is 28.8. The molecule has 4 heteroatoms. The van der Waals surface area contributed by atoms with Crippen molar-refractivity contribution >= 4 is 32.7 Å². The lowest BCUT2D eigenvalue weighted by Crippen LogP contribution is -2.00. The molecule has 0 aliphatic carbocycles. The normalized spacial score (nSPS) is 13.0. The SMILES string of the molecule is [2H]c1c(-c2ccccc2)c([2H])c2c(oc3c([2H])c(-c4nc(-c5ccc(-c6ccccc6)c(-c6ccccc6)c5)nc(-c5ccc6ccccc6c5)n4)c([2H])c([2H])c32)c1[2H]. The van der Waals surface area contributed by atoms with Gasteiger partial charge in [0.05, 0.1) is 8.22 Å². The summed E-state index contributed by atoms with van der Waals surface area (Å²) in [5.41, 5.74) is 5.96. The molecule has 248 valence electrons. The second-order valence-corrected chi connectivity index (χ2v) is 12.7. The van der Waals surface area contributed by atoms with Crippen LogP contribution in [0.3, 0.4) is 0 Å². The highest BCUT2D eigenvalue weighted by Crippen LogP contribution is 2.38. The molecule has 0 bridgehead atoms. The zero-order chi connectivity index (χ0) is 40.4. The third-order valence-electron chi connectivity index (χ3n) is 9.39. The molecular weight excluding hydrogens is 647 g/mol. The average molecular weight is 684 g/mol. The van der Waals surface area contributed by atoms with E-state index < -0.39 is 0 Å². The van der Waals surface area contributed by atoms with E-state index in [1.54, 1.807) is 24.3 Å². The summed E-state index contributed by atoms with van der Waals surface area (Å²) in [7, 11) is 0. The maximum absolute atomic E-state index is 9.52. The Morgan fingerprint density at radius 3 is 1.64 bits per heavy atom. The van der Waals surface area contributed by atoms with Crippen LogP contribution in [0.2, 0.25) is 0 Å². The summed E-state index contributed by atoms with van der Waals surface area (Å²) in [5, 5.41) is 2.19. The van der Waals surface area contributed by atoms with Gasteiger partial charge in [0.15, 0.2) is 17.5 Å². The predicted octanol–water partition coefficient (Wildman–Crippen LogP) is 12.9. The molecule has 10 aromatic rings. The molecule has 0 amide bonds. The fraction of sp³-hybridized carbons (Fsp3) is 0. The summed E-state index contributed by atoms with van der Waals surface area (Å²) in [4.78, 5) is 14.8. The molecule has 0 aliphatic heterocycles. The molecule has 0 saturated carbocycles. The number of nitrogens with zero attached hydrogens (tertiary/aromatic N) is 3. The van der Waals surface area contributed by atoms with E-state index in [9.17, 15) is 5.48 Å². The van der Waals surface area contributed by atoms with Gasteiger partial charge in [-0.25, -0.2) is 15.0 Å². The van der Waals surface area contributed by atoms with Crippen LogP contribution in [0.5, 0.6) is 0 Å². The molecule has 53 heavy (non-hydrogen) atoms. The minimum atomic E-state index is -0.335. The maximum Gasteiger partial charge on any atom is 0.164 e. The molecule has 4 nitrogen and oxygen atoms in total. The zero-order valence-corrected chi connectivity index (χ0v) is 28.2. The number of fused-ring (bicyclic) bond motifs is 4. The van der Waals surface area contributed by atoms with Crippen molar-refractivity contribution in [1.82, 2.24) is 15.0 Å². The van der Waals surface area contributed by atoms with Gasteiger partial charge in [-0.2, -0.15) is 0 Å². The minimum absolute atomic E-state index is 0.000704. The molecule has 0 unspecified atom stereocenters. The van der Waals surface area contributed by atoms with E-state index in [1.807, 2.05) is 103 Å². The Morgan fingerprint density at radius 2 is 0.925 bits per heavy atom. The van der Waals surface area contributed by atoms with Crippen LogP contribution in [0.1, 0.15) is 8.22 Å². The molecule has 0 spiro atoms. The van der Waals surface area contributed by atoms with Gasteiger partial charge >= 0.3 is 0 Å². The van der Waals surface area contributed by atoms with Crippen LogP contribution in [0.25, 0.3) is 100 Å². The monoisotopic (exact) mass is 683 g/mol. The Balaban J connectivity index is 1.23.